The highest BCUT2D eigenvalue weighted by Gasteiger charge is 2.18. The summed E-state index contributed by atoms with van der Waals surface area (Å²) < 4.78 is 0. The summed E-state index contributed by atoms with van der Waals surface area (Å²) in [4.78, 5) is 10.4. The molecule has 2 aromatic rings. The molecule has 0 saturated carbocycles. The molecule has 1 aliphatic heterocycles. The van der Waals surface area contributed by atoms with Crippen LogP contribution in [0, 0.1) is 0 Å². The molecule has 3 rings (SSSR count). The van der Waals surface area contributed by atoms with Gasteiger partial charge in [-0.1, -0.05) is 18.2 Å². The maximum atomic E-state index is 5.79. The second-order valence-corrected chi connectivity index (χ2v) is 6.67. The number of hydrogen-bond acceptors (Lipinski definition) is 4. The number of fused-ring (bicyclic) bond motifs is 1. The molecule has 1 unspecified atom stereocenters. The predicted octanol–water partition coefficient (Wildman–Crippen LogP) is 3.11. The van der Waals surface area contributed by atoms with Crippen LogP contribution < -0.4 is 5.73 Å². The smallest absolute Gasteiger partial charge is 0.166 e. The van der Waals surface area contributed by atoms with Gasteiger partial charge in [0.15, 0.2) is 5.16 Å². The molecule has 20 heavy (non-hydrogen) atoms. The van der Waals surface area contributed by atoms with Crippen molar-refractivity contribution < 1.29 is 0 Å². The molecule has 0 aliphatic carbocycles. The zero-order valence-electron chi connectivity index (χ0n) is 11.9. The Hall–Kier alpha value is -1.20. The van der Waals surface area contributed by atoms with Crippen molar-refractivity contribution in [2.45, 2.75) is 36.9 Å². The van der Waals surface area contributed by atoms with Gasteiger partial charge >= 0.3 is 0 Å². The second kappa shape index (κ2) is 6.06. The average Bonchev–Trinajstić information content (AvgIpc) is 2.83. The molecule has 1 atom stereocenters. The van der Waals surface area contributed by atoms with E-state index in [-0.39, 0.29) is 0 Å². The van der Waals surface area contributed by atoms with Crippen molar-refractivity contribution in [1.82, 2.24) is 14.9 Å². The molecule has 4 nitrogen and oxygen atoms in total. The van der Waals surface area contributed by atoms with E-state index in [1.54, 1.807) is 0 Å². The fourth-order valence-corrected chi connectivity index (χ4v) is 3.80. The minimum atomic E-state index is 0.747. The Kier molecular flexibility index (Phi) is 4.17. The van der Waals surface area contributed by atoms with Gasteiger partial charge in [0.2, 0.25) is 0 Å². The lowest BCUT2D eigenvalue weighted by molar-refractivity contribution is 0.182. The minimum Gasteiger partial charge on any atom is -0.399 e. The van der Waals surface area contributed by atoms with Gasteiger partial charge in [-0.15, -0.1) is 0 Å². The second-order valence-electron chi connectivity index (χ2n) is 5.59. The molecule has 2 heterocycles. The third-order valence-corrected chi connectivity index (χ3v) is 5.00. The number of hydrogen-bond donors (Lipinski definition) is 2. The maximum Gasteiger partial charge on any atom is 0.166 e. The Balaban J connectivity index is 1.57. The van der Waals surface area contributed by atoms with Crippen LogP contribution in [0.5, 0.6) is 0 Å². The topological polar surface area (TPSA) is 57.9 Å². The highest BCUT2D eigenvalue weighted by atomic mass is 32.2. The summed E-state index contributed by atoms with van der Waals surface area (Å²) in [5.74, 6) is 1.12. The van der Waals surface area contributed by atoms with Gasteiger partial charge in [0.1, 0.15) is 0 Å². The van der Waals surface area contributed by atoms with E-state index in [2.05, 4.69) is 21.9 Å². The lowest BCUT2D eigenvalue weighted by atomic mass is 10.0. The fraction of sp³-hybridized carbons (Fsp3) is 0.533. The first-order valence-corrected chi connectivity index (χ1v) is 8.29. The standard InChI is InChI=1S/C15H22N4S/c1-19-8-3-2-4-12(19)7-9-20-15-17-13-6-5-11(16)10-14(13)18-15/h5-6,10,12H,2-4,7-9,16H2,1H3,(H,17,18). The van der Waals surface area contributed by atoms with Crippen LogP contribution in [0.2, 0.25) is 0 Å². The predicted molar refractivity (Wildman–Crippen MR) is 86.1 cm³/mol. The number of benzene rings is 1. The minimum absolute atomic E-state index is 0.747. The van der Waals surface area contributed by atoms with Gasteiger partial charge in [-0.05, 0) is 51.1 Å². The Morgan fingerprint density at radius 3 is 3.20 bits per heavy atom. The van der Waals surface area contributed by atoms with Crippen molar-refractivity contribution in [2.75, 3.05) is 25.1 Å². The number of nitrogens with zero attached hydrogens (tertiary/aromatic N) is 2. The summed E-state index contributed by atoms with van der Waals surface area (Å²) in [6.07, 6.45) is 5.31. The van der Waals surface area contributed by atoms with Gasteiger partial charge in [-0.2, -0.15) is 0 Å². The van der Waals surface area contributed by atoms with E-state index in [0.717, 1.165) is 33.7 Å². The van der Waals surface area contributed by atoms with Crippen LogP contribution in [0.4, 0.5) is 5.69 Å². The Morgan fingerprint density at radius 2 is 2.35 bits per heavy atom. The van der Waals surface area contributed by atoms with E-state index in [1.807, 2.05) is 30.0 Å². The maximum absolute atomic E-state index is 5.79. The number of aromatic amines is 1. The van der Waals surface area contributed by atoms with Crippen molar-refractivity contribution in [3.63, 3.8) is 0 Å². The van der Waals surface area contributed by atoms with Crippen molar-refractivity contribution in [3.05, 3.63) is 18.2 Å². The van der Waals surface area contributed by atoms with E-state index in [0.29, 0.717) is 0 Å². The average molecular weight is 290 g/mol. The third kappa shape index (κ3) is 3.10. The summed E-state index contributed by atoms with van der Waals surface area (Å²) in [5, 5.41) is 1.00. The van der Waals surface area contributed by atoms with Crippen molar-refractivity contribution in [2.24, 2.45) is 0 Å². The summed E-state index contributed by atoms with van der Waals surface area (Å²) in [5.41, 5.74) is 8.59. The number of imidazole rings is 1. The van der Waals surface area contributed by atoms with Gasteiger partial charge in [-0.25, -0.2) is 4.98 Å². The molecule has 1 aromatic heterocycles. The molecule has 0 radical (unpaired) electrons. The van der Waals surface area contributed by atoms with Crippen LogP contribution in [0.15, 0.2) is 23.4 Å². The van der Waals surface area contributed by atoms with Crippen molar-refractivity contribution in [1.29, 1.82) is 0 Å². The highest BCUT2D eigenvalue weighted by molar-refractivity contribution is 7.99. The van der Waals surface area contributed by atoms with Gasteiger partial charge in [0, 0.05) is 17.5 Å². The van der Waals surface area contributed by atoms with Gasteiger partial charge in [-0.3, -0.25) is 0 Å². The zero-order chi connectivity index (χ0) is 13.9. The van der Waals surface area contributed by atoms with Crippen molar-refractivity contribution >= 4 is 28.5 Å². The van der Waals surface area contributed by atoms with Crippen molar-refractivity contribution in [3.8, 4) is 0 Å². The first-order valence-electron chi connectivity index (χ1n) is 7.30. The molecule has 0 spiro atoms. The summed E-state index contributed by atoms with van der Waals surface area (Å²) >= 11 is 1.81. The highest BCUT2D eigenvalue weighted by Crippen LogP contribution is 2.24. The van der Waals surface area contributed by atoms with E-state index in [1.165, 1.54) is 32.2 Å². The summed E-state index contributed by atoms with van der Waals surface area (Å²) in [6.45, 7) is 1.25. The van der Waals surface area contributed by atoms with Gasteiger partial charge < -0.3 is 15.6 Å². The van der Waals surface area contributed by atoms with Crippen LogP contribution >= 0.6 is 11.8 Å². The van der Waals surface area contributed by atoms with E-state index >= 15 is 0 Å². The van der Waals surface area contributed by atoms with Crippen LogP contribution in [0.1, 0.15) is 25.7 Å². The fourth-order valence-electron chi connectivity index (χ4n) is 2.87. The Labute approximate surface area is 124 Å². The largest absolute Gasteiger partial charge is 0.399 e. The number of thioether (sulfide) groups is 1. The zero-order valence-corrected chi connectivity index (χ0v) is 12.7. The molecule has 3 N–H and O–H groups in total. The summed E-state index contributed by atoms with van der Waals surface area (Å²) in [6, 6.07) is 6.56. The monoisotopic (exact) mass is 290 g/mol. The molecule has 1 saturated heterocycles. The summed E-state index contributed by atoms with van der Waals surface area (Å²) in [7, 11) is 2.25. The number of H-pyrrole nitrogens is 1. The van der Waals surface area contributed by atoms with Crippen LogP contribution in [0.25, 0.3) is 11.0 Å². The molecule has 1 aliphatic rings. The number of piperidine rings is 1. The molecule has 0 amide bonds. The lowest BCUT2D eigenvalue weighted by Gasteiger charge is -2.32. The lowest BCUT2D eigenvalue weighted by Crippen LogP contribution is -2.36. The number of anilines is 1. The molecule has 1 fully saturated rings. The van der Waals surface area contributed by atoms with Crippen LogP contribution in [-0.4, -0.2) is 40.3 Å². The normalized spacial score (nSPS) is 20.6. The Bertz CT molecular complexity index is 580. The number of nitrogen functional groups attached to an aromatic ring is 1. The SMILES string of the molecule is CN1CCCCC1CCSc1nc2ccc(N)cc2[nH]1. The van der Waals surface area contributed by atoms with Gasteiger partial charge in [0.25, 0.3) is 0 Å². The number of nitrogens with two attached hydrogens (primary N) is 1. The Morgan fingerprint density at radius 1 is 1.45 bits per heavy atom. The number of rotatable bonds is 4. The van der Waals surface area contributed by atoms with E-state index in [4.69, 9.17) is 5.73 Å². The number of nitrogens with one attached hydrogen (secondary N) is 1. The first kappa shape index (κ1) is 13.8. The quantitative estimate of drug-likeness (QED) is 0.671. The number of aromatic nitrogens is 2. The van der Waals surface area contributed by atoms with E-state index in [9.17, 15) is 0 Å². The van der Waals surface area contributed by atoms with Gasteiger partial charge in [0.05, 0.1) is 11.0 Å². The third-order valence-electron chi connectivity index (χ3n) is 4.10. The molecule has 0 bridgehead atoms. The molecule has 1 aromatic carbocycles. The molecule has 5 heteroatoms. The molecular weight excluding hydrogens is 268 g/mol. The van der Waals surface area contributed by atoms with Crippen LogP contribution in [0.3, 0.4) is 0 Å². The molecule has 108 valence electrons. The molecular formula is C15H22N4S. The first-order chi connectivity index (χ1) is 9.72. The van der Waals surface area contributed by atoms with E-state index < -0.39 is 0 Å². The van der Waals surface area contributed by atoms with Crippen LogP contribution in [-0.2, 0) is 0 Å². The number of likely N-dealkylation sites (tertiary alicyclic amines) is 1.